The maximum absolute atomic E-state index is 12.5. The fraction of sp³-hybridized carbons (Fsp3) is 0.222. The molecule has 0 spiro atoms. The van der Waals surface area contributed by atoms with Gasteiger partial charge in [0.05, 0.1) is 4.90 Å². The lowest BCUT2D eigenvalue weighted by Gasteiger charge is -2.17. The zero-order valence-electron chi connectivity index (χ0n) is 13.8. The first-order valence-electron chi connectivity index (χ1n) is 8.00. The molecule has 1 heterocycles. The van der Waals surface area contributed by atoms with Crippen molar-refractivity contribution in [3.8, 4) is 0 Å². The van der Waals surface area contributed by atoms with Crippen molar-refractivity contribution in [2.24, 2.45) is 5.14 Å². The van der Waals surface area contributed by atoms with Crippen molar-refractivity contribution in [1.82, 2.24) is 0 Å². The molecule has 2 N–H and O–H groups in total. The van der Waals surface area contributed by atoms with Crippen LogP contribution in [0.25, 0.3) is 0 Å². The van der Waals surface area contributed by atoms with Gasteiger partial charge in [0.15, 0.2) is 5.78 Å². The lowest BCUT2D eigenvalue weighted by Crippen LogP contribution is -2.29. The highest BCUT2D eigenvalue weighted by Gasteiger charge is 2.26. The van der Waals surface area contributed by atoms with E-state index in [-0.39, 0.29) is 29.4 Å². The van der Waals surface area contributed by atoms with E-state index in [0.29, 0.717) is 24.2 Å². The number of carbonyl (C=O) groups is 2. The average molecular weight is 437 g/mol. The summed E-state index contributed by atoms with van der Waals surface area (Å²) in [6, 6.07) is 11.5. The maximum Gasteiger partial charge on any atom is 0.238 e. The molecule has 0 aliphatic carbocycles. The van der Waals surface area contributed by atoms with E-state index in [1.54, 1.807) is 30.3 Å². The van der Waals surface area contributed by atoms with Crippen LogP contribution in [0, 0.1) is 0 Å². The Kier molecular flexibility index (Phi) is 5.27. The second kappa shape index (κ2) is 7.30. The molecule has 136 valence electrons. The van der Waals surface area contributed by atoms with Gasteiger partial charge in [0, 0.05) is 35.1 Å². The number of nitrogens with two attached hydrogens (primary N) is 1. The summed E-state index contributed by atoms with van der Waals surface area (Å²) in [6.45, 7) is 0.467. The van der Waals surface area contributed by atoms with Crippen LogP contribution >= 0.6 is 15.9 Å². The highest BCUT2D eigenvalue weighted by molar-refractivity contribution is 9.10. The summed E-state index contributed by atoms with van der Waals surface area (Å²) in [4.78, 5) is 26.3. The highest BCUT2D eigenvalue weighted by Crippen LogP contribution is 2.31. The number of hydrogen-bond donors (Lipinski definition) is 1. The maximum atomic E-state index is 12.5. The van der Waals surface area contributed by atoms with E-state index in [0.717, 1.165) is 10.0 Å². The van der Waals surface area contributed by atoms with Gasteiger partial charge in [-0.15, -0.1) is 0 Å². The van der Waals surface area contributed by atoms with E-state index in [9.17, 15) is 18.0 Å². The van der Waals surface area contributed by atoms with Crippen molar-refractivity contribution < 1.29 is 18.0 Å². The molecule has 0 atom stereocenters. The number of nitrogens with zero attached hydrogens (tertiary/aromatic N) is 1. The Morgan fingerprint density at radius 3 is 2.42 bits per heavy atom. The zero-order chi connectivity index (χ0) is 18.9. The summed E-state index contributed by atoms with van der Waals surface area (Å²) in [5.74, 6) is -0.315. The molecular formula is C18H17BrN2O4S. The van der Waals surface area contributed by atoms with Gasteiger partial charge in [0.2, 0.25) is 15.9 Å². The number of carbonyl (C=O) groups excluding carboxylic acids is 2. The minimum Gasteiger partial charge on any atom is -0.312 e. The molecule has 1 aliphatic rings. The van der Waals surface area contributed by atoms with E-state index in [4.69, 9.17) is 5.14 Å². The van der Waals surface area contributed by atoms with Crippen LogP contribution in [0.15, 0.2) is 51.8 Å². The summed E-state index contributed by atoms with van der Waals surface area (Å²) in [7, 11) is -3.83. The van der Waals surface area contributed by atoms with E-state index >= 15 is 0 Å². The van der Waals surface area contributed by atoms with Crippen LogP contribution in [0.3, 0.4) is 0 Å². The lowest BCUT2D eigenvalue weighted by molar-refractivity contribution is -0.118. The van der Waals surface area contributed by atoms with E-state index in [1.807, 2.05) is 0 Å². The van der Waals surface area contributed by atoms with E-state index < -0.39 is 10.0 Å². The third kappa shape index (κ3) is 4.03. The smallest absolute Gasteiger partial charge is 0.238 e. The molecule has 1 amide bonds. The number of halogens is 1. The van der Waals surface area contributed by atoms with Crippen LogP contribution < -0.4 is 10.0 Å². The zero-order valence-corrected chi connectivity index (χ0v) is 16.2. The average Bonchev–Trinajstić information content (AvgIpc) is 3.02. The van der Waals surface area contributed by atoms with Crippen LogP contribution in [0.2, 0.25) is 0 Å². The number of benzene rings is 2. The molecule has 0 saturated heterocycles. The van der Waals surface area contributed by atoms with Crippen LogP contribution in [0.4, 0.5) is 5.69 Å². The molecule has 3 rings (SSSR count). The Labute approximate surface area is 160 Å². The number of anilines is 1. The molecule has 2 aromatic rings. The number of ketones is 1. The van der Waals surface area contributed by atoms with Crippen molar-refractivity contribution in [1.29, 1.82) is 0 Å². The number of primary sulfonamides is 1. The molecule has 0 unspecified atom stereocenters. The van der Waals surface area contributed by atoms with Gasteiger partial charge in [0.1, 0.15) is 0 Å². The molecule has 0 fully saturated rings. The number of sulfonamides is 1. The molecule has 2 aromatic carbocycles. The van der Waals surface area contributed by atoms with Crippen LogP contribution in [-0.4, -0.2) is 26.7 Å². The van der Waals surface area contributed by atoms with Gasteiger partial charge in [0.25, 0.3) is 0 Å². The molecule has 6 nitrogen and oxygen atoms in total. The monoisotopic (exact) mass is 436 g/mol. The molecule has 0 radical (unpaired) electrons. The minimum absolute atomic E-state index is 0.0260. The van der Waals surface area contributed by atoms with Gasteiger partial charge in [-0.25, -0.2) is 13.6 Å². The predicted octanol–water partition coefficient (Wildman–Crippen LogP) is 2.65. The standard InChI is InChI=1S/C18H17BrN2O4S/c19-14-4-1-13(2-5-14)17(22)7-8-18(23)21-10-9-12-3-6-15(11-16(12)21)26(20,24)25/h1-6,11H,7-10H2,(H2,20,24,25). The Balaban J connectivity index is 1.70. The second-order valence-corrected chi connectivity index (χ2v) is 8.54. The topological polar surface area (TPSA) is 97.5 Å². The molecule has 1 aliphatic heterocycles. The van der Waals surface area contributed by atoms with Crippen molar-refractivity contribution in [3.05, 3.63) is 58.1 Å². The van der Waals surface area contributed by atoms with Crippen LogP contribution in [0.1, 0.15) is 28.8 Å². The molecule has 8 heteroatoms. The van der Waals surface area contributed by atoms with Gasteiger partial charge in [-0.2, -0.15) is 0 Å². The molecule has 0 bridgehead atoms. The SMILES string of the molecule is NS(=O)(=O)c1ccc2c(c1)N(C(=O)CCC(=O)c1ccc(Br)cc1)CC2. The quantitative estimate of drug-likeness (QED) is 0.728. The van der Waals surface area contributed by atoms with E-state index in [1.165, 1.54) is 17.0 Å². The Hall–Kier alpha value is -2.03. The third-order valence-corrected chi connectivity index (χ3v) is 5.75. The number of rotatable bonds is 5. The Bertz CT molecular complexity index is 971. The first kappa shape index (κ1) is 18.8. The summed E-state index contributed by atoms with van der Waals surface area (Å²) < 4.78 is 23.9. The number of Topliss-reactive ketones (excluding diaryl/α,β-unsaturated/α-hetero) is 1. The first-order chi connectivity index (χ1) is 12.3. The van der Waals surface area contributed by atoms with Gasteiger partial charge >= 0.3 is 0 Å². The fourth-order valence-electron chi connectivity index (χ4n) is 2.93. The largest absolute Gasteiger partial charge is 0.312 e. The summed E-state index contributed by atoms with van der Waals surface area (Å²) in [5.41, 5.74) is 2.00. The van der Waals surface area contributed by atoms with Crippen molar-refractivity contribution in [2.75, 3.05) is 11.4 Å². The van der Waals surface area contributed by atoms with E-state index in [2.05, 4.69) is 15.9 Å². The summed E-state index contributed by atoms with van der Waals surface area (Å²) in [6.07, 6.45) is 0.807. The summed E-state index contributed by atoms with van der Waals surface area (Å²) in [5, 5.41) is 5.17. The van der Waals surface area contributed by atoms with Gasteiger partial charge in [-0.1, -0.05) is 34.1 Å². The van der Waals surface area contributed by atoms with Crippen molar-refractivity contribution >= 4 is 43.3 Å². The highest BCUT2D eigenvalue weighted by atomic mass is 79.9. The first-order valence-corrected chi connectivity index (χ1v) is 10.3. The predicted molar refractivity (Wildman–Crippen MR) is 102 cm³/mol. The van der Waals surface area contributed by atoms with Crippen molar-refractivity contribution in [3.63, 3.8) is 0 Å². The van der Waals surface area contributed by atoms with Crippen LogP contribution in [0.5, 0.6) is 0 Å². The molecule has 26 heavy (non-hydrogen) atoms. The molecule has 0 saturated carbocycles. The normalized spacial score (nSPS) is 13.5. The second-order valence-electron chi connectivity index (χ2n) is 6.06. The third-order valence-electron chi connectivity index (χ3n) is 4.31. The summed E-state index contributed by atoms with van der Waals surface area (Å²) >= 11 is 3.31. The minimum atomic E-state index is -3.83. The van der Waals surface area contributed by atoms with Gasteiger partial charge in [-0.3, -0.25) is 9.59 Å². The fourth-order valence-corrected chi connectivity index (χ4v) is 3.73. The Morgan fingerprint density at radius 2 is 1.77 bits per heavy atom. The molecule has 0 aromatic heterocycles. The van der Waals surface area contributed by atoms with Gasteiger partial charge in [-0.05, 0) is 36.2 Å². The number of hydrogen-bond acceptors (Lipinski definition) is 4. The number of amides is 1. The van der Waals surface area contributed by atoms with Crippen molar-refractivity contribution in [2.45, 2.75) is 24.2 Å². The molecular weight excluding hydrogens is 420 g/mol. The Morgan fingerprint density at radius 1 is 1.08 bits per heavy atom. The number of fused-ring (bicyclic) bond motifs is 1. The lowest BCUT2D eigenvalue weighted by atomic mass is 10.1. The van der Waals surface area contributed by atoms with Gasteiger partial charge < -0.3 is 4.90 Å². The van der Waals surface area contributed by atoms with Crippen LogP contribution in [-0.2, 0) is 21.2 Å².